The van der Waals surface area contributed by atoms with Gasteiger partial charge < -0.3 is 8.83 Å². The first-order valence-corrected chi connectivity index (χ1v) is 20.6. The minimum absolute atomic E-state index is 0.259. The van der Waals surface area contributed by atoms with Crippen molar-refractivity contribution in [3.05, 3.63) is 127 Å². The normalized spacial score (nSPS) is 15.9. The van der Waals surface area contributed by atoms with Crippen LogP contribution in [0.3, 0.4) is 0 Å². The van der Waals surface area contributed by atoms with Crippen LogP contribution in [0.4, 0.5) is 5.69 Å². The second-order valence-corrected chi connectivity index (χ2v) is 16.4. The lowest BCUT2D eigenvalue weighted by Crippen LogP contribution is -2.28. The van der Waals surface area contributed by atoms with Gasteiger partial charge in [-0.25, -0.2) is 9.59 Å². The van der Waals surface area contributed by atoms with Crippen LogP contribution >= 0.6 is 0 Å². The van der Waals surface area contributed by atoms with E-state index in [0.717, 1.165) is 78.2 Å². The first-order chi connectivity index (χ1) is 26.5. The van der Waals surface area contributed by atoms with E-state index in [-0.39, 0.29) is 16.8 Å². The number of rotatable bonds is 7. The van der Waals surface area contributed by atoms with Crippen molar-refractivity contribution >= 4 is 49.5 Å². The van der Waals surface area contributed by atoms with Crippen molar-refractivity contribution in [3.8, 4) is 23.7 Å². The number of nitrogens with zero attached hydrogens (tertiary/aromatic N) is 1. The van der Waals surface area contributed by atoms with Crippen molar-refractivity contribution in [2.24, 2.45) is 0 Å². The Labute approximate surface area is 321 Å². The average molecular weight is 755 g/mol. The minimum Gasteiger partial charge on any atom is -0.423 e. The van der Waals surface area contributed by atoms with E-state index in [1.807, 2.05) is 48.6 Å². The summed E-state index contributed by atoms with van der Waals surface area (Å²) in [6.45, 7) is 4.88. The molecule has 2 aromatic heterocycles. The number of aryl methyl sites for hydroxylation is 2. The molecule has 3 aromatic carbocycles. The molecule has 0 saturated heterocycles. The summed E-state index contributed by atoms with van der Waals surface area (Å²) in [5, 5.41) is 1.86. The van der Waals surface area contributed by atoms with Crippen LogP contribution in [0.1, 0.15) is 98.6 Å². The Bertz CT molecular complexity index is 2730. The maximum Gasteiger partial charge on any atom is 0.343 e. The number of allylic oxidation sites excluding steroid dienone is 1. The Morgan fingerprint density at radius 3 is 2.13 bits per heavy atom. The number of hydrogen-bond acceptors (Lipinski definition) is 6. The van der Waals surface area contributed by atoms with Gasteiger partial charge in [-0.2, -0.15) is 13.0 Å². The van der Waals surface area contributed by atoms with Crippen LogP contribution in [-0.4, -0.2) is 35.6 Å². The Hall–Kier alpha value is -5.48. The van der Waals surface area contributed by atoms with Crippen molar-refractivity contribution in [2.45, 2.75) is 83.5 Å². The van der Waals surface area contributed by atoms with Gasteiger partial charge in [0, 0.05) is 64.9 Å². The molecule has 5 aromatic rings. The quantitative estimate of drug-likeness (QED) is 0.0582. The SMILES string of the molecule is CC1(C)C(/C=C/c2cc3cc4c(cc3oc2=O)C#CCCCC4)=[N+](CCCCS(=O)(=O)O)c2ccccc21.O=c1ccc2cc3c(cc2o1)C#CCCCC3. The summed E-state index contributed by atoms with van der Waals surface area (Å²) in [6, 6.07) is 21.3. The summed E-state index contributed by atoms with van der Waals surface area (Å²) < 4.78 is 44.5. The van der Waals surface area contributed by atoms with Gasteiger partial charge in [0.15, 0.2) is 5.71 Å². The third-order valence-corrected chi connectivity index (χ3v) is 11.3. The van der Waals surface area contributed by atoms with Crippen molar-refractivity contribution in [2.75, 3.05) is 12.3 Å². The lowest BCUT2D eigenvalue weighted by molar-refractivity contribution is -0.438. The molecule has 0 fully saturated rings. The second kappa shape index (κ2) is 16.1. The van der Waals surface area contributed by atoms with Gasteiger partial charge in [0.2, 0.25) is 5.69 Å². The molecular formula is C46H44NO7S+. The van der Waals surface area contributed by atoms with Gasteiger partial charge in [0.1, 0.15) is 17.7 Å². The van der Waals surface area contributed by atoms with Crippen molar-refractivity contribution in [3.63, 3.8) is 0 Å². The lowest BCUT2D eigenvalue weighted by Gasteiger charge is -2.15. The summed E-state index contributed by atoms with van der Waals surface area (Å²) in [4.78, 5) is 24.1. The van der Waals surface area contributed by atoms with Gasteiger partial charge in [0.05, 0.1) is 16.7 Å². The molecule has 0 atom stereocenters. The highest BCUT2D eigenvalue weighted by Gasteiger charge is 2.43. The van der Waals surface area contributed by atoms with Crippen molar-refractivity contribution < 1.29 is 26.4 Å². The molecule has 0 unspecified atom stereocenters. The molecule has 3 heterocycles. The zero-order valence-corrected chi connectivity index (χ0v) is 32.1. The second-order valence-electron chi connectivity index (χ2n) is 14.9. The minimum atomic E-state index is -3.99. The fraction of sp³-hybridized carbons (Fsp3) is 0.326. The molecule has 0 spiro atoms. The number of para-hydroxylation sites is 1. The monoisotopic (exact) mass is 754 g/mol. The summed E-state index contributed by atoms with van der Waals surface area (Å²) in [5.41, 5.74) is 8.26. The highest BCUT2D eigenvalue weighted by atomic mass is 32.2. The third kappa shape index (κ3) is 8.75. The zero-order valence-electron chi connectivity index (χ0n) is 31.2. The smallest absolute Gasteiger partial charge is 0.343 e. The first kappa shape index (κ1) is 37.8. The van der Waals surface area contributed by atoms with Gasteiger partial charge >= 0.3 is 11.3 Å². The van der Waals surface area contributed by atoms with E-state index in [9.17, 15) is 18.0 Å². The van der Waals surface area contributed by atoms with Crippen LogP contribution in [0, 0.1) is 23.7 Å². The highest BCUT2D eigenvalue weighted by molar-refractivity contribution is 7.85. The first-order valence-electron chi connectivity index (χ1n) is 19.0. The topological polar surface area (TPSA) is 118 Å². The van der Waals surface area contributed by atoms with Crippen LogP contribution in [0.5, 0.6) is 0 Å². The Balaban J connectivity index is 0.000000227. The van der Waals surface area contributed by atoms with E-state index in [4.69, 9.17) is 13.4 Å². The van der Waals surface area contributed by atoms with Gasteiger partial charge in [-0.1, -0.05) is 41.9 Å². The summed E-state index contributed by atoms with van der Waals surface area (Å²) in [6.07, 6.45) is 13.1. The fourth-order valence-electron chi connectivity index (χ4n) is 7.63. The zero-order chi connectivity index (χ0) is 38.6. The molecule has 8 rings (SSSR count). The van der Waals surface area contributed by atoms with Gasteiger partial charge in [-0.15, -0.1) is 0 Å². The highest BCUT2D eigenvalue weighted by Crippen LogP contribution is 2.40. The van der Waals surface area contributed by atoms with Crippen LogP contribution in [0.15, 0.2) is 91.2 Å². The Morgan fingerprint density at radius 2 is 1.44 bits per heavy atom. The number of unbranched alkanes of at least 4 members (excludes halogenated alkanes) is 1. The van der Waals surface area contributed by atoms with E-state index >= 15 is 0 Å². The number of hydrogen-bond donors (Lipinski definition) is 1. The average Bonchev–Trinajstić information content (AvgIpc) is 3.34. The lowest BCUT2D eigenvalue weighted by atomic mass is 9.81. The fourth-order valence-corrected chi connectivity index (χ4v) is 8.20. The molecule has 2 aliphatic carbocycles. The maximum atomic E-state index is 12.9. The van der Waals surface area contributed by atoms with Crippen LogP contribution in [0.2, 0.25) is 0 Å². The molecular weight excluding hydrogens is 711 g/mol. The molecule has 280 valence electrons. The number of benzene rings is 3. The van der Waals surface area contributed by atoms with E-state index in [1.165, 1.54) is 29.2 Å². The van der Waals surface area contributed by atoms with E-state index in [2.05, 4.69) is 66.4 Å². The molecule has 3 aliphatic rings. The Kier molecular flexibility index (Phi) is 11.1. The molecule has 0 radical (unpaired) electrons. The van der Waals surface area contributed by atoms with Crippen LogP contribution in [-0.2, 0) is 28.4 Å². The summed E-state index contributed by atoms with van der Waals surface area (Å²) in [7, 11) is -3.99. The third-order valence-electron chi connectivity index (χ3n) is 10.5. The molecule has 0 amide bonds. The maximum absolute atomic E-state index is 12.9. The van der Waals surface area contributed by atoms with Gasteiger partial charge in [0.25, 0.3) is 10.1 Å². The van der Waals surface area contributed by atoms with E-state index in [1.54, 1.807) is 0 Å². The van der Waals surface area contributed by atoms with Crippen LogP contribution < -0.4 is 11.3 Å². The predicted octanol–water partition coefficient (Wildman–Crippen LogP) is 8.50. The van der Waals surface area contributed by atoms with Crippen LogP contribution in [0.25, 0.3) is 28.0 Å². The van der Waals surface area contributed by atoms with Crippen molar-refractivity contribution in [1.29, 1.82) is 0 Å². The molecule has 9 heteroatoms. The Morgan fingerprint density at radius 1 is 0.782 bits per heavy atom. The molecule has 55 heavy (non-hydrogen) atoms. The standard InChI is InChI=1S/C31H31NO5S.C15H12O2/c1-31(2)26-13-7-8-14-27(26)32(17-9-10-18-38(34,35)36)29(31)16-15-24-20-25-19-22-11-5-3-4-6-12-23(22)21-28(25)37-30(24)33;16-15-8-7-13-9-11-5-3-1-2-4-6-12(11)10-14(13)17-15/h7-8,13-16,19-21H,3-5,9-11,17-18H2,1-2H3;7-10H,1-3,5H2/p+1/b16-15+;. The molecule has 1 N–H and O–H groups in total. The van der Waals surface area contributed by atoms with E-state index in [0.29, 0.717) is 36.1 Å². The van der Waals surface area contributed by atoms with Gasteiger partial charge in [-0.05, 0) is 112 Å². The summed E-state index contributed by atoms with van der Waals surface area (Å²) in [5.74, 6) is 12.5. The molecule has 8 nitrogen and oxygen atoms in total. The molecule has 0 bridgehead atoms. The molecule has 0 saturated carbocycles. The predicted molar refractivity (Wildman–Crippen MR) is 218 cm³/mol. The number of fused-ring (bicyclic) bond motifs is 5. The van der Waals surface area contributed by atoms with Crippen molar-refractivity contribution in [1.82, 2.24) is 0 Å². The largest absolute Gasteiger partial charge is 0.423 e. The van der Waals surface area contributed by atoms with E-state index < -0.39 is 15.7 Å². The molecule has 1 aliphatic heterocycles. The summed E-state index contributed by atoms with van der Waals surface area (Å²) >= 11 is 0. The van der Waals surface area contributed by atoms with Gasteiger partial charge in [-0.3, -0.25) is 4.55 Å².